The molecule has 2 aromatic carbocycles. The van der Waals surface area contributed by atoms with Crippen LogP contribution in [0.5, 0.6) is 11.5 Å². The Balaban J connectivity index is 2.07. The number of hydrogen-bond donors (Lipinski definition) is 2. The fourth-order valence-corrected chi connectivity index (χ4v) is 3.43. The number of barbiturate groups is 1. The first kappa shape index (κ1) is 19.6. The standard InChI is InChI=1S/C20H17BrN2O5/c1-10-4-11(2)6-13(5-10)23-19(26)14(18(25)22-20(23)27)7-12-8-15(21)17(24)16(9-12)28-3/h4-9,24H,1-3H3,(H,22,25,27)/b14-7-. The quantitative estimate of drug-likeness (QED) is 0.558. The highest BCUT2D eigenvalue weighted by atomic mass is 79.9. The molecule has 2 N–H and O–H groups in total. The molecule has 0 atom stereocenters. The molecule has 0 unspecified atom stereocenters. The second-order valence-electron chi connectivity index (χ2n) is 6.36. The largest absolute Gasteiger partial charge is 0.503 e. The molecule has 1 aliphatic heterocycles. The highest BCUT2D eigenvalue weighted by molar-refractivity contribution is 9.10. The summed E-state index contributed by atoms with van der Waals surface area (Å²) in [6.45, 7) is 3.70. The van der Waals surface area contributed by atoms with E-state index in [1.165, 1.54) is 25.3 Å². The van der Waals surface area contributed by atoms with Gasteiger partial charge in [-0.1, -0.05) is 6.07 Å². The Morgan fingerprint density at radius 3 is 2.32 bits per heavy atom. The number of imide groups is 2. The number of phenolic OH excluding ortho intramolecular Hbond substituents is 1. The maximum Gasteiger partial charge on any atom is 0.335 e. The number of ether oxygens (including phenoxy) is 1. The zero-order chi connectivity index (χ0) is 20.6. The molecule has 0 aliphatic carbocycles. The minimum Gasteiger partial charge on any atom is -0.503 e. The van der Waals surface area contributed by atoms with Gasteiger partial charge in [-0.05, 0) is 76.8 Å². The van der Waals surface area contributed by atoms with Crippen LogP contribution < -0.4 is 15.0 Å². The highest BCUT2D eigenvalue weighted by Gasteiger charge is 2.37. The summed E-state index contributed by atoms with van der Waals surface area (Å²) in [5, 5.41) is 12.1. The van der Waals surface area contributed by atoms with Gasteiger partial charge in [0.25, 0.3) is 11.8 Å². The van der Waals surface area contributed by atoms with Crippen molar-refractivity contribution < 1.29 is 24.2 Å². The Hall–Kier alpha value is -3.13. The zero-order valence-corrected chi connectivity index (χ0v) is 17.0. The number of hydrogen-bond acceptors (Lipinski definition) is 5. The summed E-state index contributed by atoms with van der Waals surface area (Å²) < 4.78 is 5.42. The summed E-state index contributed by atoms with van der Waals surface area (Å²) in [4.78, 5) is 38.5. The number of aryl methyl sites for hydroxylation is 2. The van der Waals surface area contributed by atoms with Gasteiger partial charge < -0.3 is 9.84 Å². The molecule has 1 aliphatic rings. The molecule has 0 spiro atoms. The molecule has 4 amide bonds. The molecule has 0 radical (unpaired) electrons. The van der Waals surface area contributed by atoms with Crippen LogP contribution in [0.1, 0.15) is 16.7 Å². The molecule has 1 saturated heterocycles. The van der Waals surface area contributed by atoms with Gasteiger partial charge in [-0.15, -0.1) is 0 Å². The van der Waals surface area contributed by atoms with Crippen molar-refractivity contribution in [2.24, 2.45) is 0 Å². The predicted octanol–water partition coefficient (Wildman–Crippen LogP) is 3.45. The first-order valence-electron chi connectivity index (χ1n) is 8.27. The lowest BCUT2D eigenvalue weighted by atomic mass is 10.1. The van der Waals surface area contributed by atoms with E-state index in [-0.39, 0.29) is 17.1 Å². The van der Waals surface area contributed by atoms with Crippen molar-refractivity contribution in [3.63, 3.8) is 0 Å². The van der Waals surface area contributed by atoms with E-state index in [0.29, 0.717) is 15.7 Å². The molecule has 3 rings (SSSR count). The van der Waals surface area contributed by atoms with Gasteiger partial charge in [0, 0.05) is 0 Å². The number of methoxy groups -OCH3 is 1. The van der Waals surface area contributed by atoms with E-state index in [9.17, 15) is 19.5 Å². The number of carbonyl (C=O) groups excluding carboxylic acids is 3. The Bertz CT molecular complexity index is 1020. The summed E-state index contributed by atoms with van der Waals surface area (Å²) in [5.74, 6) is -1.45. The third kappa shape index (κ3) is 3.63. The van der Waals surface area contributed by atoms with E-state index in [1.54, 1.807) is 12.1 Å². The van der Waals surface area contributed by atoms with E-state index < -0.39 is 17.8 Å². The number of anilines is 1. The number of aromatic hydroxyl groups is 1. The normalized spacial score (nSPS) is 15.8. The smallest absolute Gasteiger partial charge is 0.335 e. The molecule has 1 fully saturated rings. The van der Waals surface area contributed by atoms with Gasteiger partial charge in [0.2, 0.25) is 0 Å². The number of benzene rings is 2. The van der Waals surface area contributed by atoms with E-state index >= 15 is 0 Å². The van der Waals surface area contributed by atoms with Gasteiger partial charge in [0.05, 0.1) is 17.3 Å². The number of nitrogens with zero attached hydrogens (tertiary/aromatic N) is 1. The third-order valence-electron chi connectivity index (χ3n) is 4.15. The van der Waals surface area contributed by atoms with Crippen LogP contribution in [0.15, 0.2) is 40.4 Å². The van der Waals surface area contributed by atoms with E-state index in [0.717, 1.165) is 16.0 Å². The van der Waals surface area contributed by atoms with Crippen molar-refractivity contribution in [1.82, 2.24) is 5.32 Å². The SMILES string of the molecule is COc1cc(/C=C2/C(=O)NC(=O)N(c3cc(C)cc(C)c3)C2=O)cc(Br)c1O. The van der Waals surface area contributed by atoms with Crippen molar-refractivity contribution in [1.29, 1.82) is 0 Å². The molecule has 28 heavy (non-hydrogen) atoms. The molecule has 0 aromatic heterocycles. The van der Waals surface area contributed by atoms with Crippen molar-refractivity contribution in [3.05, 3.63) is 57.1 Å². The molecular weight excluding hydrogens is 428 g/mol. The van der Waals surface area contributed by atoms with Crippen LogP contribution >= 0.6 is 15.9 Å². The molecule has 144 valence electrons. The first-order valence-corrected chi connectivity index (χ1v) is 9.07. The number of nitrogens with one attached hydrogen (secondary N) is 1. The molecule has 8 heteroatoms. The Morgan fingerprint density at radius 1 is 1.07 bits per heavy atom. The summed E-state index contributed by atoms with van der Waals surface area (Å²) >= 11 is 3.20. The molecular formula is C20H17BrN2O5. The number of carbonyl (C=O) groups is 3. The second-order valence-corrected chi connectivity index (χ2v) is 7.21. The van der Waals surface area contributed by atoms with Crippen molar-refractivity contribution >= 4 is 45.5 Å². The topological polar surface area (TPSA) is 95.9 Å². The van der Waals surface area contributed by atoms with Crippen LogP contribution in [0.25, 0.3) is 6.08 Å². The summed E-state index contributed by atoms with van der Waals surface area (Å²) in [6.07, 6.45) is 1.34. The lowest BCUT2D eigenvalue weighted by Crippen LogP contribution is -2.54. The van der Waals surface area contributed by atoms with Crippen LogP contribution in [-0.4, -0.2) is 30.1 Å². The monoisotopic (exact) mass is 444 g/mol. The maximum atomic E-state index is 13.0. The number of amides is 4. The first-order chi connectivity index (χ1) is 13.2. The Labute approximate surface area is 169 Å². The van der Waals surface area contributed by atoms with Crippen LogP contribution in [-0.2, 0) is 9.59 Å². The van der Waals surface area contributed by atoms with Crippen molar-refractivity contribution in [2.45, 2.75) is 13.8 Å². The average Bonchev–Trinajstić information content (AvgIpc) is 2.60. The van der Waals surface area contributed by atoms with Crippen LogP contribution in [0.2, 0.25) is 0 Å². The molecule has 1 heterocycles. The number of halogens is 1. The van der Waals surface area contributed by atoms with Crippen LogP contribution in [0, 0.1) is 13.8 Å². The van der Waals surface area contributed by atoms with E-state index in [1.807, 2.05) is 19.9 Å². The highest BCUT2D eigenvalue weighted by Crippen LogP contribution is 2.36. The number of urea groups is 1. The molecule has 2 aromatic rings. The van der Waals surface area contributed by atoms with Crippen LogP contribution in [0.3, 0.4) is 0 Å². The summed E-state index contributed by atoms with van der Waals surface area (Å²) in [7, 11) is 1.39. The van der Waals surface area contributed by atoms with E-state index in [2.05, 4.69) is 21.2 Å². The fourth-order valence-electron chi connectivity index (χ4n) is 2.97. The predicted molar refractivity (Wildman–Crippen MR) is 107 cm³/mol. The molecule has 0 saturated carbocycles. The second kappa shape index (κ2) is 7.47. The van der Waals surface area contributed by atoms with Crippen molar-refractivity contribution in [2.75, 3.05) is 12.0 Å². The lowest BCUT2D eigenvalue weighted by Gasteiger charge is -2.27. The van der Waals surface area contributed by atoms with Gasteiger partial charge in [0.1, 0.15) is 5.57 Å². The number of rotatable bonds is 3. The van der Waals surface area contributed by atoms with Gasteiger partial charge in [-0.25, -0.2) is 9.69 Å². The van der Waals surface area contributed by atoms with Gasteiger partial charge in [-0.2, -0.15) is 0 Å². The minimum absolute atomic E-state index is 0.101. The lowest BCUT2D eigenvalue weighted by molar-refractivity contribution is -0.122. The van der Waals surface area contributed by atoms with Gasteiger partial charge in [-0.3, -0.25) is 14.9 Å². The molecule has 0 bridgehead atoms. The van der Waals surface area contributed by atoms with Gasteiger partial charge >= 0.3 is 6.03 Å². The third-order valence-corrected chi connectivity index (χ3v) is 4.75. The summed E-state index contributed by atoms with van der Waals surface area (Å²) in [5.41, 5.74) is 2.37. The molecule has 7 nitrogen and oxygen atoms in total. The summed E-state index contributed by atoms with van der Waals surface area (Å²) in [6, 6.07) is 7.50. The van der Waals surface area contributed by atoms with Gasteiger partial charge in [0.15, 0.2) is 11.5 Å². The zero-order valence-electron chi connectivity index (χ0n) is 15.4. The average molecular weight is 445 g/mol. The Morgan fingerprint density at radius 2 is 1.71 bits per heavy atom. The Kier molecular flexibility index (Phi) is 5.24. The fraction of sp³-hybridized carbons (Fsp3) is 0.150. The number of phenols is 1. The minimum atomic E-state index is -0.804. The van der Waals surface area contributed by atoms with Crippen molar-refractivity contribution in [3.8, 4) is 11.5 Å². The maximum absolute atomic E-state index is 13.0. The van der Waals surface area contributed by atoms with E-state index in [4.69, 9.17) is 4.74 Å². The van der Waals surface area contributed by atoms with Crippen LogP contribution in [0.4, 0.5) is 10.5 Å².